The number of halogens is 1. The molecule has 1 aliphatic rings. The van der Waals surface area contributed by atoms with Crippen LogP contribution in [-0.2, 0) is 6.42 Å². The molecule has 1 amide bonds. The van der Waals surface area contributed by atoms with Gasteiger partial charge in [0, 0.05) is 29.4 Å². The molecule has 2 aromatic carbocycles. The lowest BCUT2D eigenvalue weighted by molar-refractivity contribution is 0.0971. The Hall–Kier alpha value is -3.38. The van der Waals surface area contributed by atoms with Crippen LogP contribution < -0.4 is 16.2 Å². The fourth-order valence-corrected chi connectivity index (χ4v) is 3.95. The van der Waals surface area contributed by atoms with Crippen molar-refractivity contribution in [2.75, 3.05) is 10.6 Å². The van der Waals surface area contributed by atoms with Crippen molar-refractivity contribution in [2.24, 2.45) is 0 Å². The minimum Gasteiger partial charge on any atom is -0.377 e. The van der Waals surface area contributed by atoms with Crippen LogP contribution >= 0.6 is 11.6 Å². The molecule has 6 nitrogen and oxygen atoms in total. The van der Waals surface area contributed by atoms with Crippen molar-refractivity contribution in [1.29, 1.82) is 0 Å². The zero-order valence-corrected chi connectivity index (χ0v) is 17.8. The maximum atomic E-state index is 12.7. The molecule has 3 aromatic rings. The molecule has 0 fully saturated rings. The molecule has 4 rings (SSSR count). The summed E-state index contributed by atoms with van der Waals surface area (Å²) in [5.74, 6) is -0.644. The molecule has 31 heavy (non-hydrogen) atoms. The van der Waals surface area contributed by atoms with E-state index in [-0.39, 0.29) is 17.4 Å². The first-order valence-electron chi connectivity index (χ1n) is 10.1. The molecular weight excluding hydrogens is 414 g/mol. The van der Waals surface area contributed by atoms with Crippen molar-refractivity contribution in [2.45, 2.75) is 32.2 Å². The summed E-state index contributed by atoms with van der Waals surface area (Å²) in [5.41, 5.74) is 2.73. The zero-order valence-electron chi connectivity index (χ0n) is 17.0. The minimum absolute atomic E-state index is 0.0470. The second-order valence-electron chi connectivity index (χ2n) is 7.61. The second-order valence-corrected chi connectivity index (χ2v) is 8.01. The Bertz CT molecular complexity index is 1200. The average Bonchev–Trinajstić information content (AvgIpc) is 2.76. The van der Waals surface area contributed by atoms with Crippen LogP contribution in [0.2, 0.25) is 5.02 Å². The lowest BCUT2D eigenvalue weighted by Crippen LogP contribution is -2.27. The van der Waals surface area contributed by atoms with E-state index in [1.165, 1.54) is 6.07 Å². The van der Waals surface area contributed by atoms with Crippen molar-refractivity contribution >= 4 is 34.7 Å². The highest BCUT2D eigenvalue weighted by atomic mass is 35.5. The number of rotatable bonds is 5. The number of anilines is 2. The summed E-state index contributed by atoms with van der Waals surface area (Å²) in [6.07, 6.45) is 1.75. The number of Topliss-reactive ketones (excluding diaryl/α,β-unsaturated/α-hetero) is 1. The third-order valence-electron chi connectivity index (χ3n) is 5.40. The highest BCUT2D eigenvalue weighted by Gasteiger charge is 2.22. The quantitative estimate of drug-likeness (QED) is 0.527. The number of aryl methyl sites for hydroxylation is 1. The van der Waals surface area contributed by atoms with Gasteiger partial charge in [0.05, 0.1) is 10.7 Å². The Morgan fingerprint density at radius 1 is 1.06 bits per heavy atom. The van der Waals surface area contributed by atoms with Crippen LogP contribution in [0.15, 0.2) is 59.4 Å². The third-order valence-corrected chi connectivity index (χ3v) is 5.71. The van der Waals surface area contributed by atoms with E-state index in [1.54, 1.807) is 18.2 Å². The monoisotopic (exact) mass is 435 g/mol. The Kier molecular flexibility index (Phi) is 5.91. The van der Waals surface area contributed by atoms with Crippen LogP contribution in [0.3, 0.4) is 0 Å². The van der Waals surface area contributed by atoms with E-state index >= 15 is 0 Å². The van der Waals surface area contributed by atoms with Gasteiger partial charge in [-0.05, 0) is 49.6 Å². The Labute approximate surface area is 184 Å². The van der Waals surface area contributed by atoms with Gasteiger partial charge < -0.3 is 15.6 Å². The number of ketones is 1. The number of benzene rings is 2. The minimum atomic E-state index is -0.586. The Morgan fingerprint density at radius 2 is 1.84 bits per heavy atom. The van der Waals surface area contributed by atoms with Gasteiger partial charge in [-0.3, -0.25) is 14.4 Å². The molecule has 7 heteroatoms. The molecule has 1 unspecified atom stereocenters. The van der Waals surface area contributed by atoms with Gasteiger partial charge in [0.15, 0.2) is 5.78 Å². The lowest BCUT2D eigenvalue weighted by atomic mass is 9.93. The van der Waals surface area contributed by atoms with Crippen molar-refractivity contribution in [3.05, 3.63) is 92.4 Å². The maximum Gasteiger partial charge on any atom is 0.261 e. The first-order chi connectivity index (χ1) is 14.9. The largest absolute Gasteiger partial charge is 0.377 e. The summed E-state index contributed by atoms with van der Waals surface area (Å²) >= 11 is 6.41. The highest BCUT2D eigenvalue weighted by molar-refractivity contribution is 6.33. The summed E-state index contributed by atoms with van der Waals surface area (Å²) in [5, 5.41) is 6.48. The summed E-state index contributed by atoms with van der Waals surface area (Å²) in [4.78, 5) is 39.8. The third kappa shape index (κ3) is 4.54. The number of carbonyl (C=O) groups is 2. The maximum absolute atomic E-state index is 12.7. The van der Waals surface area contributed by atoms with Crippen LogP contribution in [0.25, 0.3) is 0 Å². The molecule has 0 bridgehead atoms. The molecule has 1 aromatic heterocycles. The number of aromatic nitrogens is 1. The average molecular weight is 436 g/mol. The Morgan fingerprint density at radius 3 is 2.58 bits per heavy atom. The number of pyridine rings is 1. The van der Waals surface area contributed by atoms with E-state index in [0.29, 0.717) is 41.2 Å². The van der Waals surface area contributed by atoms with Crippen molar-refractivity contribution < 1.29 is 9.59 Å². The van der Waals surface area contributed by atoms with Crippen molar-refractivity contribution in [3.63, 3.8) is 0 Å². The first kappa shape index (κ1) is 20.9. The van der Waals surface area contributed by atoms with Gasteiger partial charge in [-0.2, -0.15) is 0 Å². The van der Waals surface area contributed by atoms with E-state index < -0.39 is 11.5 Å². The lowest BCUT2D eigenvalue weighted by Gasteiger charge is -2.17. The number of hydrogen-bond acceptors (Lipinski definition) is 4. The van der Waals surface area contributed by atoms with E-state index in [9.17, 15) is 14.4 Å². The fraction of sp³-hybridized carbons (Fsp3) is 0.208. The summed E-state index contributed by atoms with van der Waals surface area (Å²) < 4.78 is 0. The fourth-order valence-electron chi connectivity index (χ4n) is 3.71. The normalized spacial score (nSPS) is 13.9. The zero-order chi connectivity index (χ0) is 22.0. The van der Waals surface area contributed by atoms with Gasteiger partial charge in [-0.1, -0.05) is 41.9 Å². The summed E-state index contributed by atoms with van der Waals surface area (Å²) in [6, 6.07) is 16.5. The van der Waals surface area contributed by atoms with Gasteiger partial charge in [0.2, 0.25) is 0 Å². The van der Waals surface area contributed by atoms with Crippen molar-refractivity contribution in [1.82, 2.24) is 4.98 Å². The van der Waals surface area contributed by atoms with E-state index in [2.05, 4.69) is 15.6 Å². The van der Waals surface area contributed by atoms with Gasteiger partial charge >= 0.3 is 0 Å². The summed E-state index contributed by atoms with van der Waals surface area (Å²) in [7, 11) is 0. The number of fused-ring (bicyclic) bond motifs is 1. The van der Waals surface area contributed by atoms with Crippen LogP contribution in [0.1, 0.15) is 57.8 Å². The van der Waals surface area contributed by atoms with Gasteiger partial charge in [-0.15, -0.1) is 0 Å². The SMILES string of the molecule is CC(Nc1ccc(NC(=O)c2cc3c([nH]c2=O)CCCC3=O)cc1Cl)c1ccccc1. The Balaban J connectivity index is 1.51. The number of aromatic amines is 1. The topological polar surface area (TPSA) is 91.1 Å². The molecule has 3 N–H and O–H groups in total. The molecule has 0 radical (unpaired) electrons. The van der Waals surface area contributed by atoms with Crippen molar-refractivity contribution in [3.8, 4) is 0 Å². The first-order valence-corrected chi connectivity index (χ1v) is 10.5. The standard InChI is InChI=1S/C24H22ClN3O3/c1-14(15-6-3-2-4-7-15)26-21-11-10-16(12-19(21)25)27-23(30)18-13-17-20(28-24(18)31)8-5-9-22(17)29/h2-4,6-7,10-14,26H,5,8-9H2,1H3,(H,27,30)(H,28,31). The van der Waals surface area contributed by atoms with E-state index in [1.807, 2.05) is 37.3 Å². The molecule has 1 aliphatic carbocycles. The van der Waals surface area contributed by atoms with Crippen LogP contribution in [0, 0.1) is 0 Å². The van der Waals surface area contributed by atoms with Crippen LogP contribution in [0.5, 0.6) is 0 Å². The molecule has 1 heterocycles. The number of H-pyrrole nitrogens is 1. The molecule has 158 valence electrons. The number of amides is 1. The van der Waals surface area contributed by atoms with Gasteiger partial charge in [0.25, 0.3) is 11.5 Å². The number of hydrogen-bond donors (Lipinski definition) is 3. The molecule has 0 saturated carbocycles. The highest BCUT2D eigenvalue weighted by Crippen LogP contribution is 2.29. The molecule has 0 saturated heterocycles. The molecule has 0 spiro atoms. The van der Waals surface area contributed by atoms with Gasteiger partial charge in [0.1, 0.15) is 5.56 Å². The second kappa shape index (κ2) is 8.78. The predicted octanol–water partition coefficient (Wildman–Crippen LogP) is 4.97. The van der Waals surface area contributed by atoms with E-state index in [4.69, 9.17) is 11.6 Å². The molecule has 0 aliphatic heterocycles. The van der Waals surface area contributed by atoms with Crippen LogP contribution in [0.4, 0.5) is 11.4 Å². The summed E-state index contributed by atoms with van der Waals surface area (Å²) in [6.45, 7) is 2.03. The van der Waals surface area contributed by atoms with Crippen LogP contribution in [-0.4, -0.2) is 16.7 Å². The predicted molar refractivity (Wildman–Crippen MR) is 122 cm³/mol. The van der Waals surface area contributed by atoms with Gasteiger partial charge in [-0.25, -0.2) is 0 Å². The molecular formula is C24H22ClN3O3. The number of carbonyl (C=O) groups excluding carboxylic acids is 2. The number of nitrogens with one attached hydrogen (secondary N) is 3. The smallest absolute Gasteiger partial charge is 0.261 e. The van der Waals surface area contributed by atoms with E-state index in [0.717, 1.165) is 11.3 Å². The molecule has 1 atom stereocenters.